The number of fused-ring (bicyclic) bond motifs is 4. The van der Waals surface area contributed by atoms with E-state index in [1.807, 2.05) is 44.3 Å². The molecule has 0 spiro atoms. The van der Waals surface area contributed by atoms with Crippen LogP contribution in [0.3, 0.4) is 0 Å². The van der Waals surface area contributed by atoms with Crippen molar-refractivity contribution in [3.63, 3.8) is 0 Å². The number of hydrogen-bond acceptors (Lipinski definition) is 6. The molecule has 4 saturated heterocycles. The Labute approximate surface area is 278 Å². The van der Waals surface area contributed by atoms with Crippen molar-refractivity contribution in [1.82, 2.24) is 19.8 Å². The van der Waals surface area contributed by atoms with Gasteiger partial charge in [0.05, 0.1) is 16.1 Å². The number of nitrogens with zero attached hydrogens (tertiary/aromatic N) is 6. The monoisotopic (exact) mass is 628 g/mol. The lowest BCUT2D eigenvalue weighted by Gasteiger charge is -2.43. The van der Waals surface area contributed by atoms with Gasteiger partial charge in [-0.05, 0) is 89.4 Å². The minimum absolute atomic E-state index is 0.264. The van der Waals surface area contributed by atoms with Crippen molar-refractivity contribution in [3.8, 4) is 12.3 Å². The second-order valence-electron chi connectivity index (χ2n) is 13.7. The highest BCUT2D eigenvalue weighted by Gasteiger charge is 2.44. The lowest BCUT2D eigenvalue weighted by atomic mass is 9.89. The third-order valence-electron chi connectivity index (χ3n) is 11.2. The average Bonchev–Trinajstić information content (AvgIpc) is 3.75. The molecule has 2 bridgehead atoms. The number of terminal acetylenes is 1. The first-order chi connectivity index (χ1) is 22.9. The van der Waals surface area contributed by atoms with Gasteiger partial charge >= 0.3 is 0 Å². The molecule has 47 heavy (non-hydrogen) atoms. The van der Waals surface area contributed by atoms with Crippen LogP contribution in [0.2, 0.25) is 0 Å². The molecule has 3 aromatic rings. The summed E-state index contributed by atoms with van der Waals surface area (Å²) in [5.74, 6) is 4.02. The van der Waals surface area contributed by atoms with E-state index in [1.165, 1.54) is 44.8 Å². The highest BCUT2D eigenvalue weighted by Crippen LogP contribution is 2.42. The van der Waals surface area contributed by atoms with Gasteiger partial charge in [0, 0.05) is 65.7 Å². The summed E-state index contributed by atoms with van der Waals surface area (Å²) in [5, 5.41) is 3.41. The van der Waals surface area contributed by atoms with Crippen LogP contribution < -0.4 is 15.5 Å². The highest BCUT2D eigenvalue weighted by molar-refractivity contribution is 6.12. The van der Waals surface area contributed by atoms with Crippen molar-refractivity contribution in [2.45, 2.75) is 82.8 Å². The van der Waals surface area contributed by atoms with Crippen molar-refractivity contribution in [2.24, 2.45) is 4.99 Å². The Morgan fingerprint density at radius 2 is 1.87 bits per heavy atom. The summed E-state index contributed by atoms with van der Waals surface area (Å²) >= 11 is 0. The molecule has 1 aromatic heterocycles. The van der Waals surface area contributed by atoms with Crippen molar-refractivity contribution >= 4 is 34.6 Å². The fraction of sp³-hybridized carbons (Fsp3) is 0.425. The van der Waals surface area contributed by atoms with E-state index in [0.29, 0.717) is 23.0 Å². The van der Waals surface area contributed by atoms with E-state index < -0.39 is 5.82 Å². The maximum absolute atomic E-state index is 14.8. The van der Waals surface area contributed by atoms with Gasteiger partial charge in [-0.1, -0.05) is 49.4 Å². The highest BCUT2D eigenvalue weighted by atomic mass is 19.1. The molecular formula is C40H45FN6. The Balaban J connectivity index is 1.31. The molecule has 7 heteroatoms. The summed E-state index contributed by atoms with van der Waals surface area (Å²) in [7, 11) is 0. The summed E-state index contributed by atoms with van der Waals surface area (Å²) < 4.78 is 14.8. The molecule has 4 aliphatic rings. The van der Waals surface area contributed by atoms with Crippen LogP contribution in [0.5, 0.6) is 0 Å². The third kappa shape index (κ3) is 5.57. The van der Waals surface area contributed by atoms with Crippen molar-refractivity contribution in [2.75, 3.05) is 31.1 Å². The summed E-state index contributed by atoms with van der Waals surface area (Å²) in [5.41, 5.74) is 3.16. The minimum Gasteiger partial charge on any atom is -0.362 e. The van der Waals surface area contributed by atoms with E-state index in [0.717, 1.165) is 83.3 Å². The van der Waals surface area contributed by atoms with Gasteiger partial charge in [-0.2, -0.15) is 0 Å². The maximum atomic E-state index is 14.8. The van der Waals surface area contributed by atoms with E-state index in [9.17, 15) is 4.39 Å². The minimum atomic E-state index is -0.399. The third-order valence-corrected chi connectivity index (χ3v) is 11.2. The van der Waals surface area contributed by atoms with Crippen LogP contribution in [0.1, 0.15) is 75.7 Å². The molecule has 5 heterocycles. The molecule has 0 radical (unpaired) electrons. The second kappa shape index (κ2) is 12.7. The second-order valence-corrected chi connectivity index (χ2v) is 13.7. The Bertz CT molecular complexity index is 1910. The molecule has 2 unspecified atom stereocenters. The number of piperazine rings is 1. The average molecular weight is 629 g/mol. The zero-order chi connectivity index (χ0) is 32.7. The molecule has 0 N–H and O–H groups in total. The smallest absolute Gasteiger partial charge is 0.141 e. The molecule has 4 aliphatic heterocycles. The van der Waals surface area contributed by atoms with Crippen LogP contribution in [0, 0.1) is 18.2 Å². The van der Waals surface area contributed by atoms with E-state index in [2.05, 4.69) is 39.9 Å². The Hall–Kier alpha value is -4.28. The first kappa shape index (κ1) is 31.3. The Kier molecular flexibility index (Phi) is 8.48. The van der Waals surface area contributed by atoms with Crippen LogP contribution in [-0.4, -0.2) is 69.3 Å². The summed E-state index contributed by atoms with van der Waals surface area (Å²) in [6, 6.07) is 9.81. The molecule has 0 aliphatic carbocycles. The molecular weight excluding hydrogens is 583 g/mol. The zero-order valence-corrected chi connectivity index (χ0v) is 27.8. The van der Waals surface area contributed by atoms with Crippen LogP contribution in [0.4, 0.5) is 10.2 Å². The van der Waals surface area contributed by atoms with Crippen LogP contribution in [0.25, 0.3) is 23.0 Å². The molecule has 4 fully saturated rings. The zero-order valence-electron chi connectivity index (χ0n) is 27.8. The predicted molar refractivity (Wildman–Crippen MR) is 191 cm³/mol. The first-order valence-electron chi connectivity index (χ1n) is 17.2. The number of hydrogen-bond donors (Lipinski definition) is 0. The topological polar surface area (TPSA) is 47.9 Å². The number of rotatable bonds is 8. The fourth-order valence-electron chi connectivity index (χ4n) is 8.87. The largest absolute Gasteiger partial charge is 0.362 e. The van der Waals surface area contributed by atoms with Crippen molar-refractivity contribution in [3.05, 3.63) is 88.6 Å². The maximum Gasteiger partial charge on any atom is 0.141 e. The van der Waals surface area contributed by atoms with Crippen molar-refractivity contribution in [1.29, 1.82) is 0 Å². The van der Waals surface area contributed by atoms with Gasteiger partial charge in [-0.25, -0.2) is 14.4 Å². The van der Waals surface area contributed by atoms with E-state index in [-0.39, 0.29) is 5.56 Å². The number of aryl methyl sites for hydroxylation is 1. The molecule has 2 aromatic carbocycles. The summed E-state index contributed by atoms with van der Waals surface area (Å²) in [4.78, 5) is 23.1. The van der Waals surface area contributed by atoms with E-state index in [4.69, 9.17) is 21.4 Å². The van der Waals surface area contributed by atoms with Crippen LogP contribution in [0.15, 0.2) is 60.3 Å². The molecule has 7 rings (SSSR count). The molecule has 2 atom stereocenters. The predicted octanol–water partition coefficient (Wildman–Crippen LogP) is 5.71. The Morgan fingerprint density at radius 1 is 1.13 bits per heavy atom. The van der Waals surface area contributed by atoms with Crippen LogP contribution in [-0.2, 0) is 6.42 Å². The quantitative estimate of drug-likeness (QED) is 0.182. The number of halogens is 1. The number of anilines is 1. The molecule has 6 nitrogen and oxygen atoms in total. The Morgan fingerprint density at radius 3 is 2.55 bits per heavy atom. The van der Waals surface area contributed by atoms with Gasteiger partial charge in [-0.15, -0.1) is 6.42 Å². The van der Waals surface area contributed by atoms with Crippen LogP contribution >= 0.6 is 0 Å². The van der Waals surface area contributed by atoms with Gasteiger partial charge in [0.1, 0.15) is 17.5 Å². The van der Waals surface area contributed by atoms with Gasteiger partial charge in [0.25, 0.3) is 0 Å². The SMILES string of the molecule is C#Cc1c(F)ccc2cccc(C(C)=N/C=c3/c(N4CC5CCC(C4)N5C(=C)C=C)nc(CCC45CCCN4CCC5)n/c3=C\C)c12. The number of allylic oxidation sites excluding steroid dienone is 1. The van der Waals surface area contributed by atoms with E-state index in [1.54, 1.807) is 6.07 Å². The van der Waals surface area contributed by atoms with Gasteiger partial charge in [-0.3, -0.25) is 9.89 Å². The molecule has 0 saturated carbocycles. The number of aromatic nitrogens is 2. The molecule has 242 valence electrons. The lowest BCUT2D eigenvalue weighted by molar-refractivity contribution is 0.181. The standard InChI is InChI=1S/C40H45FN6/c1-6-27(4)47-30-15-16-31(47)26-45(25-30)39-34(24-42-28(5)33-13-9-12-29-14-17-35(41)32(7-2)38(29)33)36(8-3)43-37(44-39)18-21-40-19-10-22-46(40)23-11-20-40/h2,6,8-9,12-14,17,24,30-31H,1,4,10-11,15-16,18-23,25-26H2,3,5H3/b34-24+,36-8-,42-28?. The van der Waals surface area contributed by atoms with Crippen molar-refractivity contribution < 1.29 is 4.39 Å². The number of benzene rings is 2. The van der Waals surface area contributed by atoms with E-state index >= 15 is 0 Å². The summed E-state index contributed by atoms with van der Waals surface area (Å²) in [6.07, 6.45) is 21.0. The number of aliphatic imine (C=N–C) groups is 1. The fourth-order valence-corrected chi connectivity index (χ4v) is 8.87. The van der Waals surface area contributed by atoms with Gasteiger partial charge in [0.2, 0.25) is 0 Å². The summed E-state index contributed by atoms with van der Waals surface area (Å²) in [6.45, 7) is 16.5. The first-order valence-corrected chi connectivity index (χ1v) is 17.2. The van der Waals surface area contributed by atoms with Gasteiger partial charge < -0.3 is 9.80 Å². The normalized spacial score (nSPS) is 23.1. The lowest BCUT2D eigenvalue weighted by Crippen LogP contribution is -2.55. The molecule has 0 amide bonds. The van der Waals surface area contributed by atoms with Gasteiger partial charge in [0.15, 0.2) is 0 Å².